The smallest absolute Gasteiger partial charge is 0.227 e. The van der Waals surface area contributed by atoms with Gasteiger partial charge in [-0.1, -0.05) is 17.7 Å². The van der Waals surface area contributed by atoms with Crippen molar-refractivity contribution in [2.24, 2.45) is 0 Å². The van der Waals surface area contributed by atoms with E-state index in [-0.39, 0.29) is 12.3 Å². The third-order valence-electron chi connectivity index (χ3n) is 3.05. The van der Waals surface area contributed by atoms with Crippen LogP contribution in [0.5, 0.6) is 0 Å². The van der Waals surface area contributed by atoms with Gasteiger partial charge < -0.3 is 15.7 Å². The van der Waals surface area contributed by atoms with Crippen molar-refractivity contribution in [2.45, 2.75) is 25.9 Å². The Kier molecular flexibility index (Phi) is 3.17. The van der Waals surface area contributed by atoms with Crippen molar-refractivity contribution in [1.29, 1.82) is 0 Å². The first kappa shape index (κ1) is 12.1. The van der Waals surface area contributed by atoms with Crippen LogP contribution in [-0.2, 0) is 4.79 Å². The standard InChI is InChI=1S/C13H18N2O2/c1-9-3-4-11(10(2)5-9)15-12(16)6-13(17)7-14-8-13/h3-5,14,17H,6-8H2,1-2H3,(H,15,16). The molecule has 0 spiro atoms. The number of amides is 1. The molecule has 1 aliphatic heterocycles. The van der Waals surface area contributed by atoms with Crippen molar-refractivity contribution < 1.29 is 9.90 Å². The third kappa shape index (κ3) is 2.84. The minimum Gasteiger partial charge on any atom is -0.387 e. The molecule has 1 aromatic rings. The van der Waals surface area contributed by atoms with Crippen molar-refractivity contribution in [2.75, 3.05) is 18.4 Å². The molecule has 0 bridgehead atoms. The lowest BCUT2D eigenvalue weighted by molar-refractivity contribution is -0.123. The minimum atomic E-state index is -0.858. The number of hydrogen-bond acceptors (Lipinski definition) is 3. The quantitative estimate of drug-likeness (QED) is 0.730. The van der Waals surface area contributed by atoms with Gasteiger partial charge >= 0.3 is 0 Å². The molecule has 0 unspecified atom stereocenters. The van der Waals surface area contributed by atoms with Crippen LogP contribution in [0.4, 0.5) is 5.69 Å². The zero-order valence-electron chi connectivity index (χ0n) is 10.2. The van der Waals surface area contributed by atoms with Crippen LogP contribution in [0.2, 0.25) is 0 Å². The summed E-state index contributed by atoms with van der Waals surface area (Å²) in [7, 11) is 0. The van der Waals surface area contributed by atoms with Crippen LogP contribution in [0.3, 0.4) is 0 Å². The van der Waals surface area contributed by atoms with E-state index in [0.29, 0.717) is 13.1 Å². The molecule has 3 N–H and O–H groups in total. The molecule has 1 aromatic carbocycles. The van der Waals surface area contributed by atoms with Gasteiger partial charge in [-0.05, 0) is 25.5 Å². The van der Waals surface area contributed by atoms with Crippen molar-refractivity contribution >= 4 is 11.6 Å². The molecule has 2 rings (SSSR count). The second-order valence-corrected chi connectivity index (χ2v) is 4.87. The lowest BCUT2D eigenvalue weighted by atomic mass is 9.93. The van der Waals surface area contributed by atoms with Gasteiger partial charge in [-0.25, -0.2) is 0 Å². The summed E-state index contributed by atoms with van der Waals surface area (Å²) < 4.78 is 0. The number of benzene rings is 1. The Hall–Kier alpha value is -1.39. The molecule has 4 heteroatoms. The topological polar surface area (TPSA) is 61.4 Å². The van der Waals surface area contributed by atoms with Crippen LogP contribution >= 0.6 is 0 Å². The first-order chi connectivity index (χ1) is 7.98. The number of β-amino-alcohol motifs (C(OH)–C–C–N with tert-alkyl or cyclic N) is 1. The second kappa shape index (κ2) is 4.47. The van der Waals surface area contributed by atoms with Crippen LogP contribution in [0.25, 0.3) is 0 Å². The van der Waals surface area contributed by atoms with E-state index in [9.17, 15) is 9.90 Å². The summed E-state index contributed by atoms with van der Waals surface area (Å²) in [4.78, 5) is 11.8. The molecule has 92 valence electrons. The Labute approximate surface area is 101 Å². The Morgan fingerprint density at radius 1 is 1.47 bits per heavy atom. The van der Waals surface area contributed by atoms with Crippen molar-refractivity contribution in [3.05, 3.63) is 29.3 Å². The van der Waals surface area contributed by atoms with E-state index < -0.39 is 5.60 Å². The molecule has 1 amide bonds. The average Bonchev–Trinajstić information content (AvgIpc) is 2.20. The van der Waals surface area contributed by atoms with Gasteiger partial charge in [0, 0.05) is 18.8 Å². The van der Waals surface area contributed by atoms with E-state index in [4.69, 9.17) is 0 Å². The number of hydrogen-bond donors (Lipinski definition) is 3. The Morgan fingerprint density at radius 2 is 2.18 bits per heavy atom. The number of nitrogens with one attached hydrogen (secondary N) is 2. The maximum absolute atomic E-state index is 11.8. The van der Waals surface area contributed by atoms with Crippen LogP contribution in [0, 0.1) is 13.8 Å². The van der Waals surface area contributed by atoms with Gasteiger partial charge in [0.15, 0.2) is 0 Å². The maximum atomic E-state index is 11.8. The predicted molar refractivity (Wildman–Crippen MR) is 67.0 cm³/mol. The summed E-state index contributed by atoms with van der Waals surface area (Å²) in [6.07, 6.45) is 0.146. The van der Waals surface area contributed by atoms with Crippen LogP contribution in [0.15, 0.2) is 18.2 Å². The van der Waals surface area contributed by atoms with E-state index >= 15 is 0 Å². The second-order valence-electron chi connectivity index (χ2n) is 4.87. The van der Waals surface area contributed by atoms with E-state index in [0.717, 1.165) is 11.3 Å². The number of carbonyl (C=O) groups is 1. The maximum Gasteiger partial charge on any atom is 0.227 e. The molecule has 0 aromatic heterocycles. The molecule has 0 aliphatic carbocycles. The highest BCUT2D eigenvalue weighted by molar-refractivity contribution is 5.92. The number of anilines is 1. The highest BCUT2D eigenvalue weighted by Gasteiger charge is 2.36. The fraction of sp³-hybridized carbons (Fsp3) is 0.462. The van der Waals surface area contributed by atoms with Gasteiger partial charge in [0.05, 0.1) is 12.0 Å². The van der Waals surface area contributed by atoms with E-state index in [1.165, 1.54) is 5.56 Å². The number of carbonyl (C=O) groups excluding carboxylic acids is 1. The van der Waals surface area contributed by atoms with E-state index in [1.54, 1.807) is 0 Å². The summed E-state index contributed by atoms with van der Waals surface area (Å²) in [5.41, 5.74) is 2.17. The molecule has 4 nitrogen and oxygen atoms in total. The van der Waals surface area contributed by atoms with Gasteiger partial charge in [-0.2, -0.15) is 0 Å². The Balaban J connectivity index is 1.98. The highest BCUT2D eigenvalue weighted by atomic mass is 16.3. The first-order valence-electron chi connectivity index (χ1n) is 5.79. The first-order valence-corrected chi connectivity index (χ1v) is 5.79. The largest absolute Gasteiger partial charge is 0.387 e. The normalized spacial score (nSPS) is 17.4. The molecular weight excluding hydrogens is 216 g/mol. The van der Waals surface area contributed by atoms with Crippen LogP contribution < -0.4 is 10.6 Å². The monoisotopic (exact) mass is 234 g/mol. The van der Waals surface area contributed by atoms with Crippen molar-refractivity contribution in [1.82, 2.24) is 5.32 Å². The van der Waals surface area contributed by atoms with Gasteiger partial charge in [0.1, 0.15) is 0 Å². The minimum absolute atomic E-state index is 0.138. The average molecular weight is 234 g/mol. The third-order valence-corrected chi connectivity index (χ3v) is 3.05. The van der Waals surface area contributed by atoms with E-state index in [2.05, 4.69) is 10.6 Å². The van der Waals surface area contributed by atoms with Gasteiger partial charge in [-0.3, -0.25) is 4.79 Å². The lowest BCUT2D eigenvalue weighted by Gasteiger charge is -2.36. The number of aliphatic hydroxyl groups is 1. The molecule has 17 heavy (non-hydrogen) atoms. The summed E-state index contributed by atoms with van der Waals surface area (Å²) >= 11 is 0. The molecule has 0 atom stereocenters. The fourth-order valence-electron chi connectivity index (χ4n) is 1.99. The molecule has 1 fully saturated rings. The molecule has 0 saturated carbocycles. The van der Waals surface area contributed by atoms with Crippen molar-refractivity contribution in [3.8, 4) is 0 Å². The summed E-state index contributed by atoms with van der Waals surface area (Å²) in [6.45, 7) is 4.96. The number of aryl methyl sites for hydroxylation is 2. The van der Waals surface area contributed by atoms with Crippen LogP contribution in [-0.4, -0.2) is 29.7 Å². The fourth-order valence-corrected chi connectivity index (χ4v) is 1.99. The van der Waals surface area contributed by atoms with E-state index in [1.807, 2.05) is 32.0 Å². The number of rotatable bonds is 3. The zero-order chi connectivity index (χ0) is 12.5. The highest BCUT2D eigenvalue weighted by Crippen LogP contribution is 2.19. The SMILES string of the molecule is Cc1ccc(NC(=O)CC2(O)CNC2)c(C)c1. The van der Waals surface area contributed by atoms with Crippen LogP contribution in [0.1, 0.15) is 17.5 Å². The molecule has 0 radical (unpaired) electrons. The van der Waals surface area contributed by atoms with Gasteiger partial charge in [0.25, 0.3) is 0 Å². The molecule has 1 saturated heterocycles. The summed E-state index contributed by atoms with van der Waals surface area (Å²) in [5, 5.41) is 15.6. The zero-order valence-corrected chi connectivity index (χ0v) is 10.2. The lowest BCUT2D eigenvalue weighted by Crippen LogP contribution is -2.60. The van der Waals surface area contributed by atoms with Gasteiger partial charge in [0.2, 0.25) is 5.91 Å². The molecular formula is C13H18N2O2. The van der Waals surface area contributed by atoms with Crippen molar-refractivity contribution in [3.63, 3.8) is 0 Å². The Morgan fingerprint density at radius 3 is 2.71 bits per heavy atom. The Bertz CT molecular complexity index is 439. The predicted octanol–water partition coefficient (Wildman–Crippen LogP) is 0.966. The molecule has 1 aliphatic rings. The summed E-state index contributed by atoms with van der Waals surface area (Å²) in [5.74, 6) is -0.138. The van der Waals surface area contributed by atoms with Gasteiger partial charge in [-0.15, -0.1) is 0 Å². The summed E-state index contributed by atoms with van der Waals surface area (Å²) in [6, 6.07) is 5.88. The molecule has 1 heterocycles.